The first-order valence-corrected chi connectivity index (χ1v) is 13.4. The van der Waals surface area contributed by atoms with Gasteiger partial charge >= 0.3 is 0 Å². The molecule has 4 rings (SSSR count). The number of carbonyl (C=O) groups is 1. The van der Waals surface area contributed by atoms with Crippen LogP contribution in [0.15, 0.2) is 84.9 Å². The van der Waals surface area contributed by atoms with Crippen LogP contribution in [0.25, 0.3) is 0 Å². The number of benzene rings is 3. The normalized spacial score (nSPS) is 14.9. The molecule has 34 heavy (non-hydrogen) atoms. The molecule has 0 radical (unpaired) electrons. The van der Waals surface area contributed by atoms with Crippen LogP contribution in [0.5, 0.6) is 0 Å². The van der Waals surface area contributed by atoms with Crippen LogP contribution in [0.3, 0.4) is 0 Å². The number of rotatable bonds is 7. The number of halogens is 1. The number of anilines is 1. The Balaban J connectivity index is 1.48. The van der Waals surface area contributed by atoms with Crippen LogP contribution in [0.2, 0.25) is 5.02 Å². The molecule has 0 saturated carbocycles. The van der Waals surface area contributed by atoms with Crippen molar-refractivity contribution >= 4 is 33.2 Å². The van der Waals surface area contributed by atoms with E-state index in [4.69, 9.17) is 11.6 Å². The highest BCUT2D eigenvalue weighted by Gasteiger charge is 2.30. The maximum Gasteiger partial charge on any atom is 0.243 e. The van der Waals surface area contributed by atoms with Crippen molar-refractivity contribution in [3.63, 3.8) is 0 Å². The zero-order chi connectivity index (χ0) is 24.1. The minimum absolute atomic E-state index is 0.0929. The molecule has 3 aromatic carbocycles. The van der Waals surface area contributed by atoms with Crippen molar-refractivity contribution in [3.05, 3.63) is 101 Å². The van der Waals surface area contributed by atoms with E-state index in [2.05, 4.69) is 29.2 Å². The summed E-state index contributed by atoms with van der Waals surface area (Å²) in [4.78, 5) is 17.2. The second-order valence-electron chi connectivity index (χ2n) is 8.36. The molecule has 1 heterocycles. The van der Waals surface area contributed by atoms with Crippen LogP contribution >= 0.6 is 11.6 Å². The summed E-state index contributed by atoms with van der Waals surface area (Å²) in [7, 11) is -3.68. The number of piperazine rings is 1. The predicted octanol–water partition coefficient (Wildman–Crippen LogP) is 4.04. The van der Waals surface area contributed by atoms with Crippen LogP contribution in [0.4, 0.5) is 5.69 Å². The largest absolute Gasteiger partial charge is 0.339 e. The van der Waals surface area contributed by atoms with Gasteiger partial charge in [0.2, 0.25) is 15.9 Å². The molecule has 0 aliphatic carbocycles. The third-order valence-electron chi connectivity index (χ3n) is 6.06. The van der Waals surface area contributed by atoms with Gasteiger partial charge in [0.1, 0.15) is 6.54 Å². The fraction of sp³-hybridized carbons (Fsp3) is 0.269. The number of amides is 1. The quantitative estimate of drug-likeness (QED) is 0.494. The van der Waals surface area contributed by atoms with Gasteiger partial charge in [-0.1, -0.05) is 84.4 Å². The van der Waals surface area contributed by atoms with Crippen molar-refractivity contribution in [1.29, 1.82) is 0 Å². The SMILES string of the molecule is CS(=O)(=O)N(CC(=O)N1CCN(C(c2ccccc2)c2ccccc2)CC1)c1ccccc1Cl. The minimum atomic E-state index is -3.68. The second kappa shape index (κ2) is 10.6. The third kappa shape index (κ3) is 5.60. The van der Waals surface area contributed by atoms with Gasteiger partial charge in [0.05, 0.1) is 23.0 Å². The van der Waals surface area contributed by atoms with E-state index in [-0.39, 0.29) is 18.5 Å². The van der Waals surface area contributed by atoms with E-state index in [1.54, 1.807) is 29.2 Å². The predicted molar refractivity (Wildman–Crippen MR) is 137 cm³/mol. The topological polar surface area (TPSA) is 60.9 Å². The van der Waals surface area contributed by atoms with E-state index in [9.17, 15) is 13.2 Å². The van der Waals surface area contributed by atoms with Crippen molar-refractivity contribution in [2.45, 2.75) is 6.04 Å². The lowest BCUT2D eigenvalue weighted by atomic mass is 9.96. The summed E-state index contributed by atoms with van der Waals surface area (Å²) in [6, 6.07) is 27.4. The van der Waals surface area contributed by atoms with Crippen molar-refractivity contribution < 1.29 is 13.2 Å². The third-order valence-corrected chi connectivity index (χ3v) is 7.51. The molecule has 6 nitrogen and oxygen atoms in total. The number of nitrogens with zero attached hydrogens (tertiary/aromatic N) is 3. The summed E-state index contributed by atoms with van der Waals surface area (Å²) in [5.41, 5.74) is 2.72. The Morgan fingerprint density at radius 2 is 1.35 bits per heavy atom. The summed E-state index contributed by atoms with van der Waals surface area (Å²) < 4.78 is 26.0. The zero-order valence-corrected chi connectivity index (χ0v) is 20.6. The van der Waals surface area contributed by atoms with Gasteiger partial charge < -0.3 is 4.90 Å². The molecular weight excluding hydrogens is 470 g/mol. The summed E-state index contributed by atoms with van der Waals surface area (Å²) in [6.45, 7) is 2.14. The molecule has 0 unspecified atom stereocenters. The molecule has 1 aliphatic heterocycles. The van der Waals surface area contributed by atoms with Crippen LogP contribution < -0.4 is 4.31 Å². The van der Waals surface area contributed by atoms with Crippen molar-refractivity contribution in [3.8, 4) is 0 Å². The number of carbonyl (C=O) groups excluding carboxylic acids is 1. The first-order chi connectivity index (χ1) is 16.3. The van der Waals surface area contributed by atoms with E-state index >= 15 is 0 Å². The molecule has 1 aliphatic rings. The van der Waals surface area contributed by atoms with Gasteiger partial charge in [0, 0.05) is 26.2 Å². The molecule has 0 N–H and O–H groups in total. The molecule has 8 heteroatoms. The molecule has 0 atom stereocenters. The molecule has 1 fully saturated rings. The van der Waals surface area contributed by atoms with Gasteiger partial charge in [-0.15, -0.1) is 0 Å². The van der Waals surface area contributed by atoms with Gasteiger partial charge in [-0.3, -0.25) is 14.0 Å². The zero-order valence-electron chi connectivity index (χ0n) is 19.0. The molecule has 1 amide bonds. The van der Waals surface area contributed by atoms with E-state index in [1.165, 1.54) is 11.1 Å². The van der Waals surface area contributed by atoms with Crippen LogP contribution in [-0.2, 0) is 14.8 Å². The summed E-state index contributed by atoms with van der Waals surface area (Å²) in [6.07, 6.45) is 1.09. The van der Waals surface area contributed by atoms with Gasteiger partial charge in [0.25, 0.3) is 0 Å². The van der Waals surface area contributed by atoms with Crippen LogP contribution in [0.1, 0.15) is 17.2 Å². The number of para-hydroxylation sites is 1. The van der Waals surface area contributed by atoms with Crippen molar-refractivity contribution in [2.75, 3.05) is 43.3 Å². The fourth-order valence-corrected chi connectivity index (χ4v) is 5.52. The molecule has 0 aromatic heterocycles. The maximum absolute atomic E-state index is 13.1. The van der Waals surface area contributed by atoms with Gasteiger partial charge in [-0.05, 0) is 23.3 Å². The van der Waals surface area contributed by atoms with E-state index in [1.807, 2.05) is 36.4 Å². The first-order valence-electron chi connectivity index (χ1n) is 11.2. The second-order valence-corrected chi connectivity index (χ2v) is 10.7. The molecule has 1 saturated heterocycles. The van der Waals surface area contributed by atoms with Gasteiger partial charge in [-0.25, -0.2) is 8.42 Å². The standard InChI is InChI=1S/C26H28ClN3O3S/c1-34(32,33)30(24-15-9-8-14-23(24)27)20-25(31)28-16-18-29(19-17-28)26(21-10-4-2-5-11-21)22-12-6-3-7-13-22/h2-15,26H,16-20H2,1H3. The van der Waals surface area contributed by atoms with Gasteiger partial charge in [0.15, 0.2) is 0 Å². The average molecular weight is 498 g/mol. The Morgan fingerprint density at radius 3 is 1.85 bits per heavy atom. The highest BCUT2D eigenvalue weighted by atomic mass is 35.5. The van der Waals surface area contributed by atoms with E-state index in [0.717, 1.165) is 10.6 Å². The smallest absolute Gasteiger partial charge is 0.243 e. The van der Waals surface area contributed by atoms with Crippen LogP contribution in [-0.4, -0.2) is 63.1 Å². The lowest BCUT2D eigenvalue weighted by Crippen LogP contribution is -2.52. The fourth-order valence-electron chi connectivity index (χ4n) is 4.37. The van der Waals surface area contributed by atoms with E-state index in [0.29, 0.717) is 36.9 Å². The Labute approximate surface area is 206 Å². The maximum atomic E-state index is 13.1. The molecule has 0 spiro atoms. The number of hydrogen-bond donors (Lipinski definition) is 0. The Morgan fingerprint density at radius 1 is 0.853 bits per heavy atom. The first kappa shape index (κ1) is 24.3. The number of sulfonamides is 1. The minimum Gasteiger partial charge on any atom is -0.339 e. The molecule has 178 valence electrons. The summed E-state index contributed by atoms with van der Waals surface area (Å²) in [5.74, 6) is -0.235. The molecular formula is C26H28ClN3O3S. The van der Waals surface area contributed by atoms with Crippen molar-refractivity contribution in [2.24, 2.45) is 0 Å². The molecule has 3 aromatic rings. The van der Waals surface area contributed by atoms with Gasteiger partial charge in [-0.2, -0.15) is 0 Å². The Kier molecular flexibility index (Phi) is 7.56. The number of hydrogen-bond acceptors (Lipinski definition) is 4. The van der Waals surface area contributed by atoms with E-state index < -0.39 is 10.0 Å². The lowest BCUT2D eigenvalue weighted by molar-refractivity contribution is -0.131. The monoisotopic (exact) mass is 497 g/mol. The summed E-state index contributed by atoms with van der Waals surface area (Å²) in [5, 5.41) is 0.291. The highest BCUT2D eigenvalue weighted by Crippen LogP contribution is 2.30. The average Bonchev–Trinajstić information content (AvgIpc) is 2.84. The lowest BCUT2D eigenvalue weighted by Gasteiger charge is -2.40. The van der Waals surface area contributed by atoms with Crippen molar-refractivity contribution in [1.82, 2.24) is 9.80 Å². The highest BCUT2D eigenvalue weighted by molar-refractivity contribution is 7.92. The summed E-state index contributed by atoms with van der Waals surface area (Å²) >= 11 is 6.23. The van der Waals surface area contributed by atoms with Crippen LogP contribution in [0, 0.1) is 0 Å². The Bertz CT molecular complexity index is 1170. The molecule has 0 bridgehead atoms. The Hall–Kier alpha value is -2.87.